The van der Waals surface area contributed by atoms with Crippen LogP contribution in [0.2, 0.25) is 0 Å². The van der Waals surface area contributed by atoms with Gasteiger partial charge in [0.2, 0.25) is 0 Å². The van der Waals surface area contributed by atoms with Gasteiger partial charge in [0.15, 0.2) is 0 Å². The minimum atomic E-state index is 0.167. The fraction of sp³-hybridized carbons (Fsp3) is 0. The summed E-state index contributed by atoms with van der Waals surface area (Å²) >= 11 is 0. The van der Waals surface area contributed by atoms with E-state index in [1.807, 2.05) is 66.1 Å². The van der Waals surface area contributed by atoms with Gasteiger partial charge in [-0.15, -0.1) is 10.2 Å². The molecule has 0 saturated carbocycles. The summed E-state index contributed by atoms with van der Waals surface area (Å²) in [5.74, 6) is 0.167. The van der Waals surface area contributed by atoms with E-state index in [1.165, 1.54) is 0 Å². The number of benzene rings is 2. The number of aliphatic imine (C=N–C) groups is 1. The standard InChI is InChI=1S/C16H13N5O/c22-18-11-17-16-19-14(12-7-3-1-4-8-12)15(20-21-16)13-9-5-2-6-10-13/h1-11,22H,(H,17,18,19,21). The van der Waals surface area contributed by atoms with Gasteiger partial charge in [0.25, 0.3) is 5.95 Å². The van der Waals surface area contributed by atoms with Crippen molar-refractivity contribution in [3.05, 3.63) is 60.7 Å². The Kier molecular flexibility index (Phi) is 4.12. The molecule has 0 bridgehead atoms. The van der Waals surface area contributed by atoms with Crippen LogP contribution in [0.3, 0.4) is 0 Å². The normalized spacial score (nSPS) is 10.8. The van der Waals surface area contributed by atoms with Gasteiger partial charge in [0.1, 0.15) is 17.7 Å². The van der Waals surface area contributed by atoms with E-state index in [0.717, 1.165) is 17.5 Å². The Morgan fingerprint density at radius 2 is 1.41 bits per heavy atom. The zero-order valence-electron chi connectivity index (χ0n) is 11.6. The summed E-state index contributed by atoms with van der Waals surface area (Å²) < 4.78 is 0. The molecule has 0 saturated heterocycles. The second-order valence-electron chi connectivity index (χ2n) is 4.43. The molecule has 22 heavy (non-hydrogen) atoms. The molecule has 1 aromatic heterocycles. The second kappa shape index (κ2) is 6.55. The van der Waals surface area contributed by atoms with E-state index in [4.69, 9.17) is 5.21 Å². The van der Waals surface area contributed by atoms with E-state index in [0.29, 0.717) is 11.4 Å². The van der Waals surface area contributed by atoms with Gasteiger partial charge in [-0.05, 0) is 0 Å². The molecular weight excluding hydrogens is 278 g/mol. The SMILES string of the molecule is ON/C=N/c1nnc(-c2ccccc2)c(-c2ccccc2)n1. The molecular formula is C16H13N5O. The zero-order valence-corrected chi connectivity index (χ0v) is 11.6. The highest BCUT2D eigenvalue weighted by Gasteiger charge is 2.12. The molecule has 1 heterocycles. The van der Waals surface area contributed by atoms with Crippen LogP contribution in [0.5, 0.6) is 0 Å². The van der Waals surface area contributed by atoms with Crippen molar-refractivity contribution in [2.24, 2.45) is 4.99 Å². The lowest BCUT2D eigenvalue weighted by molar-refractivity contribution is 0.240. The van der Waals surface area contributed by atoms with Crippen LogP contribution in [0.25, 0.3) is 22.5 Å². The average molecular weight is 291 g/mol. The molecule has 0 aliphatic heterocycles. The number of nitrogens with zero attached hydrogens (tertiary/aromatic N) is 4. The highest BCUT2D eigenvalue weighted by atomic mass is 16.5. The molecule has 108 valence electrons. The van der Waals surface area contributed by atoms with Gasteiger partial charge in [-0.2, -0.15) is 4.99 Å². The summed E-state index contributed by atoms with van der Waals surface area (Å²) in [4.78, 5) is 8.31. The minimum Gasteiger partial charge on any atom is -0.290 e. The van der Waals surface area contributed by atoms with E-state index in [1.54, 1.807) is 0 Å². The van der Waals surface area contributed by atoms with E-state index in [2.05, 4.69) is 20.2 Å². The van der Waals surface area contributed by atoms with Crippen molar-refractivity contribution in [3.63, 3.8) is 0 Å². The molecule has 0 aliphatic carbocycles. The van der Waals surface area contributed by atoms with Crippen molar-refractivity contribution >= 4 is 12.3 Å². The maximum atomic E-state index is 8.57. The number of hydrogen-bond acceptors (Lipinski definition) is 5. The Bertz CT molecular complexity index is 775. The summed E-state index contributed by atoms with van der Waals surface area (Å²) in [6, 6.07) is 19.4. The summed E-state index contributed by atoms with van der Waals surface area (Å²) in [7, 11) is 0. The Labute approximate surface area is 127 Å². The van der Waals surface area contributed by atoms with Gasteiger partial charge >= 0.3 is 0 Å². The number of hydrogen-bond donors (Lipinski definition) is 2. The largest absolute Gasteiger partial charge is 0.290 e. The van der Waals surface area contributed by atoms with Crippen molar-refractivity contribution in [1.29, 1.82) is 0 Å². The Balaban J connectivity index is 2.15. The molecule has 3 aromatic rings. The molecule has 0 radical (unpaired) electrons. The van der Waals surface area contributed by atoms with E-state index < -0.39 is 0 Å². The van der Waals surface area contributed by atoms with Gasteiger partial charge < -0.3 is 0 Å². The zero-order chi connectivity index (χ0) is 15.2. The van der Waals surface area contributed by atoms with E-state index >= 15 is 0 Å². The van der Waals surface area contributed by atoms with Crippen molar-refractivity contribution in [2.75, 3.05) is 0 Å². The third-order valence-electron chi connectivity index (χ3n) is 3.01. The van der Waals surface area contributed by atoms with Gasteiger partial charge in [-0.25, -0.2) is 4.98 Å². The molecule has 0 aliphatic rings. The molecule has 0 fully saturated rings. The number of nitrogens with one attached hydrogen (secondary N) is 1. The second-order valence-corrected chi connectivity index (χ2v) is 4.43. The predicted octanol–water partition coefficient (Wildman–Crippen LogP) is 2.84. The molecule has 3 rings (SSSR count). The fourth-order valence-electron chi connectivity index (χ4n) is 2.05. The molecule has 0 unspecified atom stereocenters. The lowest BCUT2D eigenvalue weighted by Crippen LogP contribution is -2.02. The van der Waals surface area contributed by atoms with Crippen LogP contribution >= 0.6 is 0 Å². The first-order valence-electron chi connectivity index (χ1n) is 6.66. The fourth-order valence-corrected chi connectivity index (χ4v) is 2.05. The van der Waals surface area contributed by atoms with Crippen LogP contribution in [0.1, 0.15) is 0 Å². The maximum Gasteiger partial charge on any atom is 0.270 e. The molecule has 2 N–H and O–H groups in total. The van der Waals surface area contributed by atoms with Crippen LogP contribution in [0, 0.1) is 0 Å². The van der Waals surface area contributed by atoms with Crippen LogP contribution in [-0.4, -0.2) is 26.7 Å². The maximum absolute atomic E-state index is 8.57. The van der Waals surface area contributed by atoms with Gasteiger partial charge in [0, 0.05) is 11.1 Å². The highest BCUT2D eigenvalue weighted by Crippen LogP contribution is 2.28. The van der Waals surface area contributed by atoms with Gasteiger partial charge in [-0.3, -0.25) is 10.7 Å². The average Bonchev–Trinajstić information content (AvgIpc) is 2.61. The minimum absolute atomic E-state index is 0.167. The summed E-state index contributed by atoms with van der Waals surface area (Å²) in [5, 5.41) is 16.8. The number of aromatic nitrogens is 3. The first-order chi connectivity index (χ1) is 10.9. The first kappa shape index (κ1) is 13.8. The van der Waals surface area contributed by atoms with Gasteiger partial charge in [-0.1, -0.05) is 60.7 Å². The summed E-state index contributed by atoms with van der Waals surface area (Å²) in [5.41, 5.74) is 5.04. The third kappa shape index (κ3) is 2.97. The Morgan fingerprint density at radius 3 is 2.00 bits per heavy atom. The third-order valence-corrected chi connectivity index (χ3v) is 3.01. The number of hydroxylamine groups is 1. The van der Waals surface area contributed by atoms with E-state index in [-0.39, 0.29) is 5.95 Å². The van der Waals surface area contributed by atoms with Crippen molar-refractivity contribution in [2.45, 2.75) is 0 Å². The van der Waals surface area contributed by atoms with Crippen molar-refractivity contribution < 1.29 is 5.21 Å². The summed E-state index contributed by atoms with van der Waals surface area (Å²) in [6.07, 6.45) is 1.09. The van der Waals surface area contributed by atoms with Crippen LogP contribution in [0.4, 0.5) is 5.95 Å². The molecule has 0 spiro atoms. The molecule has 0 atom stereocenters. The number of rotatable bonds is 4. The Morgan fingerprint density at radius 1 is 0.818 bits per heavy atom. The smallest absolute Gasteiger partial charge is 0.270 e. The first-order valence-corrected chi connectivity index (χ1v) is 6.66. The van der Waals surface area contributed by atoms with E-state index in [9.17, 15) is 0 Å². The topological polar surface area (TPSA) is 83.3 Å². The van der Waals surface area contributed by atoms with Crippen molar-refractivity contribution in [3.8, 4) is 22.5 Å². The molecule has 6 nitrogen and oxygen atoms in total. The van der Waals surface area contributed by atoms with Crippen molar-refractivity contribution in [1.82, 2.24) is 20.7 Å². The monoisotopic (exact) mass is 291 g/mol. The lowest BCUT2D eigenvalue weighted by Gasteiger charge is -2.07. The molecule has 6 heteroatoms. The quantitative estimate of drug-likeness (QED) is 0.439. The Hall–Kier alpha value is -3.12. The summed E-state index contributed by atoms with van der Waals surface area (Å²) in [6.45, 7) is 0. The molecule has 0 amide bonds. The van der Waals surface area contributed by atoms with Gasteiger partial charge in [0.05, 0.1) is 0 Å². The van der Waals surface area contributed by atoms with Crippen LogP contribution < -0.4 is 5.48 Å². The molecule has 2 aromatic carbocycles. The van der Waals surface area contributed by atoms with Crippen LogP contribution in [-0.2, 0) is 0 Å². The predicted molar refractivity (Wildman–Crippen MR) is 83.8 cm³/mol. The van der Waals surface area contributed by atoms with Crippen LogP contribution in [0.15, 0.2) is 65.7 Å². The lowest BCUT2D eigenvalue weighted by atomic mass is 10.0. The highest BCUT2D eigenvalue weighted by molar-refractivity contribution is 5.78.